The Labute approximate surface area is 543 Å². The summed E-state index contributed by atoms with van der Waals surface area (Å²) in [4.78, 5) is 158. The van der Waals surface area contributed by atoms with Gasteiger partial charge in [0.15, 0.2) is 17.3 Å². The predicted molar refractivity (Wildman–Crippen MR) is 345 cm³/mol. The Morgan fingerprint density at radius 1 is 0.500 bits per heavy atom. The molecule has 0 aliphatic rings. The lowest BCUT2D eigenvalue weighted by Gasteiger charge is -2.29. The number of carboxylic acids is 4. The average Bonchev–Trinajstić information content (AvgIpc) is 1.19. The van der Waals surface area contributed by atoms with Gasteiger partial charge in [-0.1, -0.05) is 116 Å². The van der Waals surface area contributed by atoms with Crippen LogP contribution in [0.2, 0.25) is 0 Å². The van der Waals surface area contributed by atoms with Crippen LogP contribution in [-0.2, 0) is 68.7 Å². The minimum atomic E-state index is -1.45. The van der Waals surface area contributed by atoms with Gasteiger partial charge in [-0.25, -0.2) is 4.79 Å². The molecule has 1 rings (SSSR count). The molecule has 0 aromatic heterocycles. The van der Waals surface area contributed by atoms with Gasteiger partial charge in [0.05, 0.1) is 42.5 Å². The standard InChI is InChI=1S/C48H74N6O16.C19H36O3/c1-6-8-11-35(51-27-41(61)48(4,5)54-44(64)38(52-29(3)56)24-30-13-17-33(57)18-14-30)39(59)26-50-36(40(60)28-55)12-9-10-23-49-42(62)21-16-32(46(67)68)25-34(58)19-20-37(47(69)70)53-43(63)22-15-31(7-2)45(65)66;1-18(20)16-14-12-10-8-6-4-2-3-5-7-9-11-13-15-17-19(21)22/h13-14,17-18,31-32,35-38,50-51,55,57H,6-12,15-16,19-28H2,1-5H3,(H,49,62)(H,52,56)(H,53,63)(H,54,64)(H,65,66)(H,67,68)(H,69,70);2-17H2,1H3,(H,21,22)/t31-,32+,35-,36-,37-,38+;/m0./s1. The number of carbonyl (C=O) groups excluding carboxylic acids is 9. The summed E-state index contributed by atoms with van der Waals surface area (Å²) in [6.07, 6.45) is 19.5. The molecule has 12 N–H and O–H groups in total. The van der Waals surface area contributed by atoms with Gasteiger partial charge in [0, 0.05) is 58.4 Å². The van der Waals surface area contributed by atoms with Crippen LogP contribution in [0.5, 0.6) is 5.75 Å². The van der Waals surface area contributed by atoms with Crippen LogP contribution in [0, 0.1) is 11.8 Å². The highest BCUT2D eigenvalue weighted by molar-refractivity contribution is 5.96. The number of hydrogen-bond donors (Lipinski definition) is 12. The second-order valence-corrected chi connectivity index (χ2v) is 24.4. The number of hydrogen-bond acceptors (Lipinski definition) is 17. The maximum absolute atomic E-state index is 13.4. The van der Waals surface area contributed by atoms with E-state index >= 15 is 0 Å². The van der Waals surface area contributed by atoms with E-state index in [1.54, 1.807) is 26.0 Å². The molecular weight excluding hydrogens is 1190 g/mol. The zero-order valence-corrected chi connectivity index (χ0v) is 55.5. The van der Waals surface area contributed by atoms with Gasteiger partial charge in [-0.05, 0) is 103 Å². The molecule has 6 atom stereocenters. The van der Waals surface area contributed by atoms with E-state index in [2.05, 4.69) is 31.9 Å². The van der Waals surface area contributed by atoms with Crippen molar-refractivity contribution in [1.29, 1.82) is 0 Å². The normalized spacial score (nSPS) is 13.1. The highest BCUT2D eigenvalue weighted by Crippen LogP contribution is 2.19. The summed E-state index contributed by atoms with van der Waals surface area (Å²) in [6.45, 7) is 8.27. The first kappa shape index (κ1) is 85.0. The van der Waals surface area contributed by atoms with Crippen LogP contribution in [-0.4, -0.2) is 163 Å². The van der Waals surface area contributed by atoms with Gasteiger partial charge < -0.3 is 67.3 Å². The Bertz CT molecular complexity index is 2410. The van der Waals surface area contributed by atoms with E-state index in [1.165, 1.54) is 104 Å². The fraction of sp³-hybridized carbons (Fsp3) is 0.716. The number of ketones is 5. The van der Waals surface area contributed by atoms with E-state index < -0.39 is 119 Å². The summed E-state index contributed by atoms with van der Waals surface area (Å²) in [5, 5.41) is 72.1. The summed E-state index contributed by atoms with van der Waals surface area (Å²) in [5.41, 5.74) is -0.761. The Hall–Kier alpha value is -6.99. The van der Waals surface area contributed by atoms with Gasteiger partial charge in [0.2, 0.25) is 23.6 Å². The van der Waals surface area contributed by atoms with E-state index in [4.69, 9.17) is 10.2 Å². The molecule has 0 heterocycles. The fourth-order valence-corrected chi connectivity index (χ4v) is 10.0. The first-order chi connectivity index (χ1) is 43.6. The Balaban J connectivity index is 0.00000317. The predicted octanol–water partition coefficient (Wildman–Crippen LogP) is 7.01. The van der Waals surface area contributed by atoms with Gasteiger partial charge >= 0.3 is 23.9 Å². The van der Waals surface area contributed by atoms with Crippen LogP contribution < -0.4 is 31.9 Å². The number of aromatic hydroxyl groups is 1. The Morgan fingerprint density at radius 2 is 1.01 bits per heavy atom. The number of amides is 4. The van der Waals surface area contributed by atoms with Crippen molar-refractivity contribution in [3.8, 4) is 5.75 Å². The Kier molecular flexibility index (Phi) is 46.7. The van der Waals surface area contributed by atoms with Crippen LogP contribution in [0.1, 0.15) is 240 Å². The van der Waals surface area contributed by atoms with Crippen LogP contribution in [0.15, 0.2) is 24.3 Å². The number of aliphatic hydroxyl groups excluding tert-OH is 1. The van der Waals surface area contributed by atoms with Crippen LogP contribution in [0.4, 0.5) is 0 Å². The van der Waals surface area contributed by atoms with Crippen LogP contribution in [0.3, 0.4) is 0 Å². The molecule has 0 radical (unpaired) electrons. The summed E-state index contributed by atoms with van der Waals surface area (Å²) in [6, 6.07) is 1.90. The molecular formula is C67H110N6O19. The quantitative estimate of drug-likeness (QED) is 0.0292. The third-order valence-corrected chi connectivity index (χ3v) is 15.9. The lowest BCUT2D eigenvalue weighted by Crippen LogP contribution is -2.59. The molecule has 0 bridgehead atoms. The molecule has 0 saturated heterocycles. The number of benzene rings is 1. The monoisotopic (exact) mass is 1300 g/mol. The van der Waals surface area contributed by atoms with Gasteiger partial charge in [-0.2, -0.15) is 0 Å². The minimum absolute atomic E-state index is 0.000812. The van der Waals surface area contributed by atoms with Crippen LogP contribution >= 0.6 is 0 Å². The van der Waals surface area contributed by atoms with Gasteiger partial charge in [-0.3, -0.25) is 52.7 Å². The maximum Gasteiger partial charge on any atom is 0.326 e. The van der Waals surface area contributed by atoms with Crippen molar-refractivity contribution >= 4 is 76.4 Å². The summed E-state index contributed by atoms with van der Waals surface area (Å²) < 4.78 is 0. The zero-order chi connectivity index (χ0) is 69.4. The van der Waals surface area contributed by atoms with E-state index in [0.29, 0.717) is 43.5 Å². The SMILES string of the molecule is CC(=O)CCCCCCCCCCCCCCCCC(=O)O.CCCC[C@H](NCC(=O)C(C)(C)NC(=O)[C@@H](Cc1ccc(O)cc1)NC(C)=O)C(=O)CN[C@@H](CCCCNC(=O)CC[C@H](CC(=O)CC[C@H](NC(=O)CC[C@H](CC)C(=O)O)C(=O)O)C(=O)O)C(=O)CO. The lowest BCUT2D eigenvalue weighted by molar-refractivity contribution is -0.145. The fourth-order valence-electron chi connectivity index (χ4n) is 10.0. The number of aliphatic hydroxyl groups is 1. The van der Waals surface area contributed by atoms with E-state index in [0.717, 1.165) is 32.1 Å². The van der Waals surface area contributed by atoms with Crippen molar-refractivity contribution in [3.05, 3.63) is 29.8 Å². The maximum atomic E-state index is 13.4. The molecule has 0 unspecified atom stereocenters. The lowest BCUT2D eigenvalue weighted by atomic mass is 9.94. The number of unbranched alkanes of at least 4 members (excludes halogenated alkanes) is 15. The minimum Gasteiger partial charge on any atom is -0.508 e. The Morgan fingerprint density at radius 3 is 1.51 bits per heavy atom. The van der Waals surface area contributed by atoms with E-state index in [9.17, 15) is 82.8 Å². The van der Waals surface area contributed by atoms with Crippen molar-refractivity contribution in [2.75, 3.05) is 26.2 Å². The first-order valence-corrected chi connectivity index (χ1v) is 33.1. The van der Waals surface area contributed by atoms with E-state index in [1.807, 2.05) is 6.92 Å². The number of aliphatic carboxylic acids is 4. The summed E-state index contributed by atoms with van der Waals surface area (Å²) >= 11 is 0. The molecule has 1 aromatic rings. The molecule has 92 heavy (non-hydrogen) atoms. The highest BCUT2D eigenvalue weighted by Gasteiger charge is 2.34. The van der Waals surface area contributed by atoms with Gasteiger partial charge in [0.1, 0.15) is 36.0 Å². The molecule has 0 saturated carbocycles. The topological polar surface area (TPSA) is 415 Å². The summed E-state index contributed by atoms with van der Waals surface area (Å²) in [7, 11) is 0. The molecule has 1 aromatic carbocycles. The molecule has 4 amide bonds. The van der Waals surface area contributed by atoms with Crippen molar-refractivity contribution in [2.45, 2.75) is 270 Å². The first-order valence-electron chi connectivity index (χ1n) is 33.1. The van der Waals surface area contributed by atoms with Crippen molar-refractivity contribution < 1.29 is 93.0 Å². The number of Topliss-reactive ketones (excluding diaryl/α,β-unsaturated/α-hetero) is 5. The smallest absolute Gasteiger partial charge is 0.326 e. The van der Waals surface area contributed by atoms with Crippen molar-refractivity contribution in [1.82, 2.24) is 31.9 Å². The molecule has 522 valence electrons. The number of carboxylic acid groups (broad SMARTS) is 4. The third-order valence-electron chi connectivity index (χ3n) is 15.9. The number of phenols is 1. The summed E-state index contributed by atoms with van der Waals surface area (Å²) in [5.74, 6) is -10.4. The highest BCUT2D eigenvalue weighted by atomic mass is 16.4. The number of rotatable bonds is 56. The largest absolute Gasteiger partial charge is 0.508 e. The van der Waals surface area contributed by atoms with E-state index in [-0.39, 0.29) is 89.0 Å². The number of phenolic OH excluding ortho intramolecular Hbond substituents is 1. The van der Waals surface area contributed by atoms with Gasteiger partial charge in [0.25, 0.3) is 0 Å². The average molecular weight is 1300 g/mol. The molecule has 0 fully saturated rings. The third kappa shape index (κ3) is 43.0. The van der Waals surface area contributed by atoms with Crippen molar-refractivity contribution in [3.63, 3.8) is 0 Å². The molecule has 0 aliphatic carbocycles. The molecule has 0 spiro atoms. The number of carbonyl (C=O) groups is 13. The molecule has 25 heteroatoms. The number of nitrogens with one attached hydrogen (secondary N) is 6. The molecule has 25 nitrogen and oxygen atoms in total. The van der Waals surface area contributed by atoms with Crippen molar-refractivity contribution in [2.24, 2.45) is 11.8 Å². The van der Waals surface area contributed by atoms with Crippen LogP contribution in [0.25, 0.3) is 0 Å². The second kappa shape index (κ2) is 50.6. The molecule has 0 aliphatic heterocycles. The zero-order valence-electron chi connectivity index (χ0n) is 55.5. The second-order valence-electron chi connectivity index (χ2n) is 24.4. The van der Waals surface area contributed by atoms with Gasteiger partial charge in [-0.15, -0.1) is 0 Å².